The van der Waals surface area contributed by atoms with Crippen molar-refractivity contribution in [1.82, 2.24) is 0 Å². The highest BCUT2D eigenvalue weighted by atomic mass is 35.5. The highest BCUT2D eigenvalue weighted by Gasteiger charge is 2.19. The molecular formula is C38H55ClO8S2. The second-order valence-corrected chi connectivity index (χ2v) is 15.0. The minimum atomic E-state index is -1.19. The van der Waals surface area contributed by atoms with Gasteiger partial charge in [-0.25, -0.2) is 9.59 Å². The number of carboxylic acid groups (broad SMARTS) is 3. The van der Waals surface area contributed by atoms with Crippen molar-refractivity contribution in [2.45, 2.75) is 43.1 Å². The van der Waals surface area contributed by atoms with Gasteiger partial charge in [-0.15, -0.1) is 0 Å². The van der Waals surface area contributed by atoms with E-state index in [1.807, 2.05) is 24.3 Å². The molecule has 0 saturated heterocycles. The van der Waals surface area contributed by atoms with Gasteiger partial charge < -0.3 is 42.7 Å². The molecule has 11 heteroatoms. The average Bonchev–Trinajstić information content (AvgIpc) is 3.05. The number of aliphatic carboxylic acids is 3. The molecule has 0 heterocycles. The van der Waals surface area contributed by atoms with Gasteiger partial charge in [-0.3, -0.25) is 0 Å². The van der Waals surface area contributed by atoms with Crippen molar-refractivity contribution in [3.8, 4) is 0 Å². The van der Waals surface area contributed by atoms with Crippen molar-refractivity contribution in [3.05, 3.63) is 134 Å². The predicted molar refractivity (Wildman–Crippen MR) is 203 cm³/mol. The van der Waals surface area contributed by atoms with Gasteiger partial charge in [0, 0.05) is 35.5 Å². The summed E-state index contributed by atoms with van der Waals surface area (Å²) in [5.74, 6) is -3.15. The lowest BCUT2D eigenvalue weighted by molar-refractivity contribution is -0.299. The summed E-state index contributed by atoms with van der Waals surface area (Å²) in [6.45, 7) is 18.8. The fraction of sp³-hybridized carbons (Fsp3) is 0.342. The van der Waals surface area contributed by atoms with Crippen LogP contribution in [-0.4, -0.2) is 76.6 Å². The van der Waals surface area contributed by atoms with Crippen LogP contribution in [-0.2, 0) is 36.2 Å². The molecule has 8 nitrogen and oxygen atoms in total. The number of benzene rings is 2. The molecule has 0 aliphatic rings. The van der Waals surface area contributed by atoms with Crippen LogP contribution in [0.4, 0.5) is 0 Å². The predicted octanol–water partition coefficient (Wildman–Crippen LogP) is 2.70. The largest absolute Gasteiger partial charge is 1.00 e. The SMILES string of the molecule is C=C(C)C(=O)[O-].C=C(CCCO)C(=O)O.C=C(CCCO)C(=O)O.C=CC(c1ccccc1)[S+](C)C.C=CC(c1ccccc1)[S+](C)C.[Cl-]. The molecule has 49 heavy (non-hydrogen) atoms. The molecule has 2 rings (SSSR count). The summed E-state index contributed by atoms with van der Waals surface area (Å²) in [5, 5.41) is 43.5. The lowest BCUT2D eigenvalue weighted by Crippen LogP contribution is -3.00. The van der Waals surface area contributed by atoms with E-state index in [-0.39, 0.29) is 42.3 Å². The topological polar surface area (TPSA) is 155 Å². The van der Waals surface area contributed by atoms with Crippen molar-refractivity contribution in [2.24, 2.45) is 0 Å². The number of carbonyl (C=O) groups is 3. The van der Waals surface area contributed by atoms with Gasteiger partial charge in [0.2, 0.25) is 0 Å². The van der Waals surface area contributed by atoms with Crippen LogP contribution in [0, 0.1) is 0 Å². The third kappa shape index (κ3) is 29.1. The number of halogens is 1. The quantitative estimate of drug-likeness (QED) is 0.124. The molecule has 274 valence electrons. The Bertz CT molecular complexity index is 1150. The number of carboxylic acids is 3. The zero-order valence-corrected chi connectivity index (χ0v) is 31.9. The van der Waals surface area contributed by atoms with Crippen LogP contribution >= 0.6 is 0 Å². The lowest BCUT2D eigenvalue weighted by atomic mass is 10.1. The fourth-order valence-corrected chi connectivity index (χ4v) is 5.46. The maximum absolute atomic E-state index is 10.0. The van der Waals surface area contributed by atoms with Gasteiger partial charge in [0.1, 0.15) is 0 Å². The van der Waals surface area contributed by atoms with Crippen LogP contribution in [0.15, 0.2) is 122 Å². The van der Waals surface area contributed by atoms with Crippen LogP contribution in [0.2, 0.25) is 0 Å². The van der Waals surface area contributed by atoms with Crippen LogP contribution in [0.1, 0.15) is 54.2 Å². The Labute approximate surface area is 305 Å². The van der Waals surface area contributed by atoms with E-state index in [1.54, 1.807) is 0 Å². The van der Waals surface area contributed by atoms with Gasteiger partial charge in [0.05, 0.1) is 31.0 Å². The van der Waals surface area contributed by atoms with E-state index < -0.39 is 17.9 Å². The molecule has 0 bridgehead atoms. The van der Waals surface area contributed by atoms with Crippen molar-refractivity contribution < 1.29 is 52.3 Å². The van der Waals surface area contributed by atoms with Crippen molar-refractivity contribution >= 4 is 39.7 Å². The first-order valence-corrected chi connectivity index (χ1v) is 19.1. The van der Waals surface area contributed by atoms with E-state index in [4.69, 9.17) is 20.4 Å². The van der Waals surface area contributed by atoms with Gasteiger partial charge >= 0.3 is 11.9 Å². The summed E-state index contributed by atoms with van der Waals surface area (Å²) in [6, 6.07) is 21.1. The maximum atomic E-state index is 10.0. The first kappa shape index (κ1) is 52.3. The zero-order valence-electron chi connectivity index (χ0n) is 29.5. The summed E-state index contributed by atoms with van der Waals surface area (Å²) < 4.78 is 0. The molecule has 2 aromatic rings. The summed E-state index contributed by atoms with van der Waals surface area (Å²) in [7, 11) is 0.755. The minimum absolute atomic E-state index is 0. The van der Waals surface area contributed by atoms with Crippen LogP contribution in [0.25, 0.3) is 0 Å². The molecule has 2 unspecified atom stereocenters. The summed E-state index contributed by atoms with van der Waals surface area (Å²) in [6.07, 6.45) is 14.8. The number of aliphatic hydroxyl groups excluding tert-OH is 2. The van der Waals surface area contributed by atoms with Crippen molar-refractivity contribution in [3.63, 3.8) is 0 Å². The van der Waals surface area contributed by atoms with Crippen LogP contribution < -0.4 is 17.5 Å². The molecule has 4 N–H and O–H groups in total. The van der Waals surface area contributed by atoms with E-state index >= 15 is 0 Å². The Balaban J connectivity index is -0.000000262. The van der Waals surface area contributed by atoms with E-state index in [2.05, 4.69) is 106 Å². The third-order valence-corrected chi connectivity index (χ3v) is 8.89. The number of rotatable bonds is 15. The Kier molecular flexibility index (Phi) is 35.2. The molecule has 0 saturated carbocycles. The number of hydrogen-bond acceptors (Lipinski definition) is 6. The standard InChI is InChI=1S/2C11H15S.2C6H10O3.C4H6O2.ClH/c2*1-4-11(12(2)3)10-8-6-5-7-9-10;2*1-5(6(8)9)3-2-4-7;1-3(2)4(5)6;/h2*4-9,11H,1H2,2-3H3;2*7H,1-4H2,(H,8,9);1H2,2H3,(H,5,6);1H/q2*+1;;;;/p-2. The van der Waals surface area contributed by atoms with E-state index in [1.165, 1.54) is 18.1 Å². The summed E-state index contributed by atoms with van der Waals surface area (Å²) in [5.41, 5.74) is 3.13. The smallest absolute Gasteiger partial charge is 0.330 e. The summed E-state index contributed by atoms with van der Waals surface area (Å²) in [4.78, 5) is 29.5. The Morgan fingerprint density at radius 3 is 1.12 bits per heavy atom. The summed E-state index contributed by atoms with van der Waals surface area (Å²) >= 11 is 0. The second-order valence-electron chi connectivity index (χ2n) is 10.4. The molecule has 0 spiro atoms. The number of aliphatic hydroxyl groups is 2. The molecule has 0 fully saturated rings. The fourth-order valence-electron chi connectivity index (χ4n) is 3.29. The average molecular weight is 739 g/mol. The second kappa shape index (κ2) is 33.0. The Hall–Kier alpha value is -3.54. The highest BCUT2D eigenvalue weighted by molar-refractivity contribution is 7.96. The van der Waals surface area contributed by atoms with Crippen LogP contribution in [0.5, 0.6) is 0 Å². The van der Waals surface area contributed by atoms with Crippen molar-refractivity contribution in [2.75, 3.05) is 38.2 Å². The minimum Gasteiger partial charge on any atom is -1.00 e. The number of carbonyl (C=O) groups excluding carboxylic acids is 1. The van der Waals surface area contributed by atoms with Crippen molar-refractivity contribution in [1.29, 1.82) is 0 Å². The number of hydrogen-bond donors (Lipinski definition) is 4. The van der Waals surface area contributed by atoms with E-state index in [0.29, 0.717) is 58.0 Å². The highest BCUT2D eigenvalue weighted by Crippen LogP contribution is 2.23. The Morgan fingerprint density at radius 1 is 0.694 bits per heavy atom. The monoisotopic (exact) mass is 738 g/mol. The molecule has 0 aliphatic carbocycles. The maximum Gasteiger partial charge on any atom is 0.330 e. The first-order valence-electron chi connectivity index (χ1n) is 14.9. The third-order valence-electron chi connectivity index (χ3n) is 5.93. The zero-order chi connectivity index (χ0) is 37.7. The van der Waals surface area contributed by atoms with Gasteiger partial charge in [0.25, 0.3) is 0 Å². The normalized spacial score (nSPS) is 10.6. The first-order chi connectivity index (χ1) is 22.5. The van der Waals surface area contributed by atoms with Gasteiger partial charge in [-0.1, -0.05) is 93.6 Å². The molecule has 0 aromatic heterocycles. The van der Waals surface area contributed by atoms with E-state index in [0.717, 1.165) is 0 Å². The van der Waals surface area contributed by atoms with Gasteiger partial charge in [0.15, 0.2) is 10.5 Å². The van der Waals surface area contributed by atoms with Crippen LogP contribution in [0.3, 0.4) is 0 Å². The van der Waals surface area contributed by atoms with Gasteiger partial charge in [-0.2, -0.15) is 0 Å². The molecule has 0 radical (unpaired) electrons. The molecule has 0 aliphatic heterocycles. The van der Waals surface area contributed by atoms with E-state index in [9.17, 15) is 19.5 Å². The molecule has 2 aromatic carbocycles. The van der Waals surface area contributed by atoms with Gasteiger partial charge in [-0.05, 0) is 72.1 Å². The Morgan fingerprint density at radius 2 is 0.959 bits per heavy atom. The molecule has 0 amide bonds. The molecule has 2 atom stereocenters. The molecular weight excluding hydrogens is 684 g/mol. The lowest BCUT2D eigenvalue weighted by Gasteiger charge is -2.08.